The molecule has 1 aromatic heterocycles. The molecule has 0 spiro atoms. The molecule has 1 aliphatic rings. The molecule has 1 atom stereocenters. The van der Waals surface area contributed by atoms with Crippen LogP contribution in [0.2, 0.25) is 0 Å². The molecule has 0 aliphatic heterocycles. The number of hydrogen-bond donors (Lipinski definition) is 1. The van der Waals surface area contributed by atoms with Crippen LogP contribution in [0.5, 0.6) is 0 Å². The maximum atomic E-state index is 14.3. The van der Waals surface area contributed by atoms with Crippen LogP contribution in [-0.2, 0) is 12.0 Å². The highest BCUT2D eigenvalue weighted by Gasteiger charge is 2.56. The zero-order valence-electron chi connectivity index (χ0n) is 18.5. The van der Waals surface area contributed by atoms with Gasteiger partial charge in [0.05, 0.1) is 12.1 Å². The molecule has 7 heteroatoms. The first kappa shape index (κ1) is 23.2. The number of nitrogens with zero attached hydrogens (tertiary/aromatic N) is 1. The van der Waals surface area contributed by atoms with Crippen molar-refractivity contribution in [2.24, 2.45) is 5.92 Å². The van der Waals surface area contributed by atoms with E-state index in [2.05, 4.69) is 0 Å². The first-order valence-electron chi connectivity index (χ1n) is 10.9. The Morgan fingerprint density at radius 1 is 1.06 bits per heavy atom. The monoisotopic (exact) mass is 457 g/mol. The predicted octanol–water partition coefficient (Wildman–Crippen LogP) is 5.26. The average molecular weight is 457 g/mol. The molecule has 0 amide bonds. The molecule has 3 aromatic rings. The third-order valence-electron chi connectivity index (χ3n) is 6.46. The fourth-order valence-corrected chi connectivity index (χ4v) is 4.43. The van der Waals surface area contributed by atoms with Crippen molar-refractivity contribution in [1.29, 1.82) is 0 Å². The van der Waals surface area contributed by atoms with Gasteiger partial charge >= 0.3 is 6.18 Å². The highest BCUT2D eigenvalue weighted by Crippen LogP contribution is 2.43. The van der Waals surface area contributed by atoms with Gasteiger partial charge in [0.25, 0.3) is 0 Å². The van der Waals surface area contributed by atoms with E-state index >= 15 is 0 Å². The van der Waals surface area contributed by atoms with Crippen molar-refractivity contribution in [3.05, 3.63) is 82.1 Å². The second kappa shape index (κ2) is 8.13. The molecule has 4 rings (SSSR count). The summed E-state index contributed by atoms with van der Waals surface area (Å²) in [5.74, 6) is 0.0163. The van der Waals surface area contributed by atoms with Gasteiger partial charge in [0.15, 0.2) is 16.8 Å². The summed E-state index contributed by atoms with van der Waals surface area (Å²) in [7, 11) is 0. The second-order valence-electron chi connectivity index (χ2n) is 9.63. The largest absolute Gasteiger partial charge is 0.418 e. The van der Waals surface area contributed by atoms with Crippen LogP contribution in [0.15, 0.2) is 65.6 Å². The van der Waals surface area contributed by atoms with Crippen molar-refractivity contribution < 1.29 is 23.1 Å². The number of Topliss-reactive ketones (excluding diaryl/α,β-unsaturated/α-hetero) is 1. The summed E-state index contributed by atoms with van der Waals surface area (Å²) in [5.41, 5.74) is -3.08. The van der Waals surface area contributed by atoms with Gasteiger partial charge in [-0.05, 0) is 48.4 Å². The van der Waals surface area contributed by atoms with Gasteiger partial charge in [0.2, 0.25) is 0 Å². The van der Waals surface area contributed by atoms with Gasteiger partial charge in [-0.25, -0.2) is 0 Å². The lowest BCUT2D eigenvalue weighted by molar-refractivity contribution is -0.271. The number of benzene rings is 2. The molecule has 1 fully saturated rings. The van der Waals surface area contributed by atoms with Crippen molar-refractivity contribution in [2.45, 2.75) is 56.8 Å². The predicted molar refractivity (Wildman–Crippen MR) is 120 cm³/mol. The summed E-state index contributed by atoms with van der Waals surface area (Å²) in [6.45, 7) is 2.50. The minimum atomic E-state index is -4.92. The number of carbonyl (C=O) groups is 1. The quantitative estimate of drug-likeness (QED) is 0.493. The minimum absolute atomic E-state index is 0.00383. The molecular weight excluding hydrogens is 431 g/mol. The topological polar surface area (TPSA) is 59.3 Å². The molecule has 0 bridgehead atoms. The third kappa shape index (κ3) is 4.60. The van der Waals surface area contributed by atoms with Gasteiger partial charge in [-0.3, -0.25) is 9.59 Å². The van der Waals surface area contributed by atoms with E-state index in [9.17, 15) is 27.9 Å². The summed E-state index contributed by atoms with van der Waals surface area (Å²) in [6, 6.07) is 14.3. The Morgan fingerprint density at radius 3 is 2.42 bits per heavy atom. The molecule has 4 nitrogen and oxygen atoms in total. The van der Waals surface area contributed by atoms with Crippen LogP contribution >= 0.6 is 0 Å². The van der Waals surface area contributed by atoms with E-state index in [4.69, 9.17) is 0 Å². The summed E-state index contributed by atoms with van der Waals surface area (Å²) in [6.07, 6.45) is -2.58. The molecule has 1 N–H and O–H groups in total. The Balaban J connectivity index is 1.70. The van der Waals surface area contributed by atoms with Crippen LogP contribution in [0, 0.1) is 5.92 Å². The lowest BCUT2D eigenvalue weighted by atomic mass is 9.74. The number of pyridine rings is 1. The van der Waals surface area contributed by atoms with Gasteiger partial charge in [0.1, 0.15) is 0 Å². The van der Waals surface area contributed by atoms with Crippen molar-refractivity contribution in [3.63, 3.8) is 0 Å². The molecule has 2 aromatic carbocycles. The third-order valence-corrected chi connectivity index (χ3v) is 6.46. The standard InChI is InChI=1S/C26H26F3NO3/c1-24(2,19-7-5-6-18(14-19)23(32)17-10-11-17)15-25(33,26(27,28)29)16-30-13-12-22(31)20-8-3-4-9-21(20)30/h3-9,12-14,17,33H,10-11,15-16H2,1-2H3. The summed E-state index contributed by atoms with van der Waals surface area (Å²) in [5, 5.41) is 11.3. The fraction of sp³-hybridized carbons (Fsp3) is 0.385. The van der Waals surface area contributed by atoms with Crippen LogP contribution in [-0.4, -0.2) is 27.2 Å². The molecule has 1 saturated carbocycles. The molecule has 33 heavy (non-hydrogen) atoms. The number of ketones is 1. The Kier molecular flexibility index (Phi) is 5.73. The Hall–Kier alpha value is -2.93. The molecular formula is C26H26F3NO3. The van der Waals surface area contributed by atoms with E-state index in [0.29, 0.717) is 16.6 Å². The zero-order chi connectivity index (χ0) is 24.0. The molecule has 1 aliphatic carbocycles. The van der Waals surface area contributed by atoms with Gasteiger partial charge in [0, 0.05) is 29.1 Å². The normalized spacial score (nSPS) is 16.5. The Labute approximate surface area is 189 Å². The van der Waals surface area contributed by atoms with E-state index in [1.165, 1.54) is 16.8 Å². The SMILES string of the molecule is CC(C)(CC(O)(Cn1ccc(=O)c2ccccc21)C(F)(F)F)c1cccc(C(=O)C2CC2)c1. The maximum absolute atomic E-state index is 14.3. The average Bonchev–Trinajstić information content (AvgIpc) is 3.60. The molecule has 0 saturated heterocycles. The van der Waals surface area contributed by atoms with Crippen molar-refractivity contribution in [1.82, 2.24) is 4.57 Å². The summed E-state index contributed by atoms with van der Waals surface area (Å²) in [4.78, 5) is 24.6. The fourth-order valence-electron chi connectivity index (χ4n) is 4.43. The van der Waals surface area contributed by atoms with E-state index in [-0.39, 0.29) is 22.5 Å². The molecule has 1 unspecified atom stereocenters. The number of halogens is 3. The number of aliphatic hydroxyl groups is 1. The van der Waals surface area contributed by atoms with E-state index in [1.54, 1.807) is 62.4 Å². The Morgan fingerprint density at radius 2 is 1.76 bits per heavy atom. The first-order valence-corrected chi connectivity index (χ1v) is 10.9. The van der Waals surface area contributed by atoms with Crippen LogP contribution in [0.25, 0.3) is 10.9 Å². The Bertz CT molecular complexity index is 1260. The molecule has 174 valence electrons. The number of hydrogen-bond acceptors (Lipinski definition) is 3. The first-order chi connectivity index (χ1) is 15.4. The van der Waals surface area contributed by atoms with E-state index < -0.39 is 30.2 Å². The van der Waals surface area contributed by atoms with Crippen LogP contribution in [0.4, 0.5) is 13.2 Å². The lowest BCUT2D eigenvalue weighted by Gasteiger charge is -2.38. The zero-order valence-corrected chi connectivity index (χ0v) is 18.5. The van der Waals surface area contributed by atoms with Gasteiger partial charge in [-0.1, -0.05) is 44.2 Å². The van der Waals surface area contributed by atoms with E-state index in [0.717, 1.165) is 12.8 Å². The second-order valence-corrected chi connectivity index (χ2v) is 9.63. The lowest BCUT2D eigenvalue weighted by Crippen LogP contribution is -2.52. The van der Waals surface area contributed by atoms with E-state index in [1.807, 2.05) is 0 Å². The highest BCUT2D eigenvalue weighted by atomic mass is 19.4. The number of alkyl halides is 3. The van der Waals surface area contributed by atoms with Crippen molar-refractivity contribution >= 4 is 16.7 Å². The smallest absolute Gasteiger partial charge is 0.379 e. The number of rotatable bonds is 7. The van der Waals surface area contributed by atoms with Crippen LogP contribution in [0.3, 0.4) is 0 Å². The van der Waals surface area contributed by atoms with Gasteiger partial charge in [-0.2, -0.15) is 13.2 Å². The molecule has 1 heterocycles. The molecule has 0 radical (unpaired) electrons. The number of fused-ring (bicyclic) bond motifs is 1. The van der Waals surface area contributed by atoms with Gasteiger partial charge in [-0.15, -0.1) is 0 Å². The van der Waals surface area contributed by atoms with Crippen molar-refractivity contribution in [3.8, 4) is 0 Å². The summed E-state index contributed by atoms with van der Waals surface area (Å²) < 4.78 is 44.0. The summed E-state index contributed by atoms with van der Waals surface area (Å²) >= 11 is 0. The van der Waals surface area contributed by atoms with Crippen LogP contribution in [0.1, 0.15) is 49.0 Å². The van der Waals surface area contributed by atoms with Crippen molar-refractivity contribution in [2.75, 3.05) is 0 Å². The number of para-hydroxylation sites is 1. The van der Waals surface area contributed by atoms with Gasteiger partial charge < -0.3 is 9.67 Å². The maximum Gasteiger partial charge on any atom is 0.418 e. The minimum Gasteiger partial charge on any atom is -0.379 e. The van der Waals surface area contributed by atoms with Crippen LogP contribution < -0.4 is 5.43 Å². The highest BCUT2D eigenvalue weighted by molar-refractivity contribution is 5.99. The number of aromatic nitrogens is 1. The number of carbonyl (C=O) groups excluding carboxylic acids is 1.